The number of rotatable bonds is 8. The molecule has 2 N–H and O–H groups in total. The number of carbonyl (C=O) groups is 1. The molecule has 0 radical (unpaired) electrons. The monoisotopic (exact) mass is 468 g/mol. The van der Waals surface area contributed by atoms with Crippen LogP contribution in [0.25, 0.3) is 0 Å². The zero-order valence-corrected chi connectivity index (χ0v) is 17.6. The number of aliphatic hydroxyl groups excluding tert-OH is 2. The quantitative estimate of drug-likeness (QED) is 0.216. The summed E-state index contributed by atoms with van der Waals surface area (Å²) in [5, 5.41) is 18.1. The molecule has 0 unspecified atom stereocenters. The minimum Gasteiger partial charge on any atom is -0.391 e. The number of carbonyl (C=O) groups excluding carboxylic acids is 1. The molecule has 29 heavy (non-hydrogen) atoms. The van der Waals surface area contributed by atoms with Gasteiger partial charge in [-0.25, -0.2) is 0 Å². The van der Waals surface area contributed by atoms with Crippen LogP contribution in [0.2, 0.25) is 0 Å². The molecular formula is C18H27F6O3PS. The molecule has 0 heterocycles. The summed E-state index contributed by atoms with van der Waals surface area (Å²) in [6.45, 7) is 0.161. The number of benzene rings is 1. The fourth-order valence-electron chi connectivity index (χ4n) is 3.15. The second-order valence-electron chi connectivity index (χ2n) is 6.95. The molecule has 1 aromatic carbocycles. The van der Waals surface area contributed by atoms with Crippen LogP contribution in [-0.2, 0) is 10.9 Å². The molecule has 1 aliphatic rings. The molecule has 11 heteroatoms. The van der Waals surface area contributed by atoms with Gasteiger partial charge in [0.15, 0.2) is 5.75 Å². The van der Waals surface area contributed by atoms with Crippen molar-refractivity contribution in [3.63, 3.8) is 0 Å². The average Bonchev–Trinajstić information content (AvgIpc) is 2.60. The van der Waals surface area contributed by atoms with E-state index in [2.05, 4.69) is 12.1 Å². The largest absolute Gasteiger partial charge is 0.391 e. The summed E-state index contributed by atoms with van der Waals surface area (Å²) in [6.07, 6.45) is 6.52. The van der Waals surface area contributed by atoms with Crippen molar-refractivity contribution in [2.24, 2.45) is 0 Å². The van der Waals surface area contributed by atoms with Gasteiger partial charge in [0.2, 0.25) is 5.78 Å². The average molecular weight is 468 g/mol. The third-order valence-electron chi connectivity index (χ3n) is 4.40. The summed E-state index contributed by atoms with van der Waals surface area (Å²) in [4.78, 5) is 12.3. The molecule has 0 bridgehead atoms. The van der Waals surface area contributed by atoms with E-state index in [1.54, 1.807) is 0 Å². The zero-order valence-electron chi connectivity index (χ0n) is 15.9. The topological polar surface area (TPSA) is 57.5 Å². The predicted octanol–water partition coefficient (Wildman–Crippen LogP) is 5.90. The number of aliphatic hydroxyl groups is 2. The molecule has 0 atom stereocenters. The molecule has 1 aromatic rings. The minimum absolute atomic E-state index is 0.0804. The predicted molar refractivity (Wildman–Crippen MR) is 106 cm³/mol. The van der Waals surface area contributed by atoms with E-state index < -0.39 is 7.81 Å². The van der Waals surface area contributed by atoms with E-state index in [1.165, 1.54) is 37.7 Å². The van der Waals surface area contributed by atoms with Crippen LogP contribution in [0.1, 0.15) is 53.9 Å². The number of ketones is 1. The Kier molecular flexibility index (Phi) is 9.02. The van der Waals surface area contributed by atoms with Crippen LogP contribution in [0, 0.1) is 0 Å². The smallest absolute Gasteiger partial charge is 0.211 e. The van der Waals surface area contributed by atoms with Crippen LogP contribution in [0.15, 0.2) is 24.3 Å². The van der Waals surface area contributed by atoms with Crippen LogP contribution < -0.4 is 0 Å². The molecule has 1 aliphatic carbocycles. The normalized spacial score (nSPS) is 17.8. The van der Waals surface area contributed by atoms with Gasteiger partial charge in [-0.1, -0.05) is 43.5 Å². The Hall–Kier alpha value is -0.830. The van der Waals surface area contributed by atoms with Gasteiger partial charge in [0.25, 0.3) is 0 Å². The first-order chi connectivity index (χ1) is 13.2. The maximum Gasteiger partial charge on any atom is 0.211 e. The van der Waals surface area contributed by atoms with Crippen molar-refractivity contribution < 1.29 is 40.2 Å². The number of Topliss-reactive ketones (excluding diaryl/α,β-unsaturated/α-hetero) is 1. The van der Waals surface area contributed by atoms with Gasteiger partial charge in [-0.2, -0.15) is 0 Å². The van der Waals surface area contributed by atoms with Gasteiger partial charge in [-0.3, -0.25) is 4.79 Å². The van der Waals surface area contributed by atoms with E-state index in [1.807, 2.05) is 12.1 Å². The fourth-order valence-corrected chi connectivity index (χ4v) is 4.70. The first-order valence-electron chi connectivity index (χ1n) is 9.25. The van der Waals surface area contributed by atoms with Gasteiger partial charge in [0, 0.05) is 16.5 Å². The molecule has 3 nitrogen and oxygen atoms in total. The van der Waals surface area contributed by atoms with Gasteiger partial charge < -0.3 is 10.2 Å². The van der Waals surface area contributed by atoms with Crippen molar-refractivity contribution in [3.05, 3.63) is 35.4 Å². The summed E-state index contributed by atoms with van der Waals surface area (Å²) in [6, 6.07) is 8.12. The van der Waals surface area contributed by atoms with E-state index in [0.29, 0.717) is 23.2 Å². The maximum atomic E-state index is 12.3. The van der Waals surface area contributed by atoms with Crippen LogP contribution in [0.3, 0.4) is 0 Å². The minimum atomic E-state index is -10.7. The number of hydrogen-bond acceptors (Lipinski definition) is 3. The van der Waals surface area contributed by atoms with Crippen LogP contribution in [0.4, 0.5) is 25.2 Å². The molecule has 2 rings (SSSR count). The van der Waals surface area contributed by atoms with E-state index in [0.717, 1.165) is 5.56 Å². The third kappa shape index (κ3) is 13.9. The zero-order chi connectivity index (χ0) is 22.2. The second-order valence-corrected chi connectivity index (χ2v) is 11.2. The van der Waals surface area contributed by atoms with Crippen LogP contribution >= 0.6 is 7.81 Å². The van der Waals surface area contributed by atoms with Crippen molar-refractivity contribution in [1.29, 1.82) is 0 Å². The van der Waals surface area contributed by atoms with Gasteiger partial charge >= 0.3 is 33.0 Å². The Bertz CT molecular complexity index is 628. The Balaban J connectivity index is 0.000000516. The van der Waals surface area contributed by atoms with Crippen molar-refractivity contribution in [2.45, 2.75) is 38.0 Å². The standard InChI is InChI=1S/C18H27O3S.F6P/c19-10-12-22(13-11-20)14-18(21)17-8-6-16(7-9-17)15-4-2-1-3-5-15;1-7(2,3,4,5)6/h6-9,15,19-20H,1-5,10-14H2;/q+1;-1. The van der Waals surface area contributed by atoms with Gasteiger partial charge in [0.1, 0.15) is 11.5 Å². The molecular weight excluding hydrogens is 441 g/mol. The van der Waals surface area contributed by atoms with Crippen molar-refractivity contribution in [3.8, 4) is 0 Å². The molecule has 0 spiro atoms. The molecule has 170 valence electrons. The van der Waals surface area contributed by atoms with E-state index in [4.69, 9.17) is 10.2 Å². The Morgan fingerprint density at radius 2 is 1.34 bits per heavy atom. The first kappa shape index (κ1) is 26.2. The third-order valence-corrected chi connectivity index (χ3v) is 6.59. The van der Waals surface area contributed by atoms with Gasteiger partial charge in [0.05, 0.1) is 13.2 Å². The van der Waals surface area contributed by atoms with Gasteiger partial charge in [-0.15, -0.1) is 0 Å². The molecule has 0 saturated heterocycles. The van der Waals surface area contributed by atoms with E-state index >= 15 is 0 Å². The van der Waals surface area contributed by atoms with E-state index in [9.17, 15) is 30.0 Å². The summed E-state index contributed by atoms with van der Waals surface area (Å²) < 4.78 is 59.2. The summed E-state index contributed by atoms with van der Waals surface area (Å²) >= 11 is 0. The number of hydrogen-bond donors (Lipinski definition) is 2. The molecule has 0 aliphatic heterocycles. The second kappa shape index (κ2) is 9.98. The van der Waals surface area contributed by atoms with Crippen LogP contribution in [0.5, 0.6) is 0 Å². The van der Waals surface area contributed by atoms with Crippen molar-refractivity contribution >= 4 is 24.5 Å². The maximum absolute atomic E-state index is 12.3. The Morgan fingerprint density at radius 3 is 1.76 bits per heavy atom. The van der Waals surface area contributed by atoms with Crippen LogP contribution in [-0.4, -0.2) is 46.5 Å². The summed E-state index contributed by atoms with van der Waals surface area (Å²) in [7, 11) is -10.9. The first-order valence-corrected chi connectivity index (χ1v) is 13.0. The molecule has 1 fully saturated rings. The summed E-state index contributed by atoms with van der Waals surface area (Å²) in [5.41, 5.74) is 2.12. The number of halogens is 6. The fraction of sp³-hybridized carbons (Fsp3) is 0.611. The van der Waals surface area contributed by atoms with Crippen molar-refractivity contribution in [2.75, 3.05) is 30.5 Å². The van der Waals surface area contributed by atoms with E-state index in [-0.39, 0.29) is 29.9 Å². The Morgan fingerprint density at radius 1 is 0.897 bits per heavy atom. The summed E-state index contributed by atoms with van der Waals surface area (Å²) in [5.74, 6) is 2.43. The molecule has 0 amide bonds. The van der Waals surface area contributed by atoms with Gasteiger partial charge in [-0.05, 0) is 24.3 Å². The Labute approximate surface area is 169 Å². The molecule has 1 saturated carbocycles. The SMILES string of the molecule is F[P-](F)(F)(F)(F)F.O=C(C[S+](CCO)CCO)c1ccc(C2CCCCC2)cc1. The van der Waals surface area contributed by atoms with Crippen molar-refractivity contribution in [1.82, 2.24) is 0 Å². The molecule has 0 aromatic heterocycles.